The van der Waals surface area contributed by atoms with Crippen molar-refractivity contribution in [3.8, 4) is 0 Å². The van der Waals surface area contributed by atoms with Crippen LogP contribution >= 0.6 is 22.9 Å². The third-order valence-corrected chi connectivity index (χ3v) is 5.88. The molecule has 26 heavy (non-hydrogen) atoms. The number of hydrogen-bond donors (Lipinski definition) is 0. The molecule has 4 nitrogen and oxygen atoms in total. The van der Waals surface area contributed by atoms with Gasteiger partial charge >= 0.3 is 4.87 Å². The third kappa shape index (κ3) is 2.75. The lowest BCUT2D eigenvalue weighted by Gasteiger charge is -2.32. The molecular formula is C19H14ClFN2O2S. The number of hydrogen-bond acceptors (Lipinski definition) is 3. The van der Waals surface area contributed by atoms with Crippen molar-refractivity contribution in [2.24, 2.45) is 7.05 Å². The molecule has 0 N–H and O–H groups in total. The Morgan fingerprint density at radius 2 is 1.88 bits per heavy atom. The molecule has 4 rings (SSSR count). The molecular weight excluding hydrogens is 375 g/mol. The maximum atomic E-state index is 13.3. The van der Waals surface area contributed by atoms with E-state index in [1.165, 1.54) is 16.7 Å². The van der Waals surface area contributed by atoms with Crippen LogP contribution in [0.25, 0.3) is 0 Å². The summed E-state index contributed by atoms with van der Waals surface area (Å²) < 4.78 is 14.8. The summed E-state index contributed by atoms with van der Waals surface area (Å²) >= 11 is 7.20. The average molecular weight is 389 g/mol. The second-order valence-electron chi connectivity index (χ2n) is 6.13. The molecule has 0 aliphatic carbocycles. The Bertz CT molecular complexity index is 1060. The van der Waals surface area contributed by atoms with Gasteiger partial charge in [0.25, 0.3) is 0 Å². The van der Waals surface area contributed by atoms with Gasteiger partial charge in [0.2, 0.25) is 5.91 Å². The predicted octanol–water partition coefficient (Wildman–Crippen LogP) is 4.44. The summed E-state index contributed by atoms with van der Waals surface area (Å²) in [5, 5.41) is 0.512. The number of amides is 1. The zero-order chi connectivity index (χ0) is 18.4. The lowest BCUT2D eigenvalue weighted by atomic mass is 9.90. The van der Waals surface area contributed by atoms with Crippen molar-refractivity contribution >= 4 is 40.4 Å². The molecule has 0 saturated heterocycles. The topological polar surface area (TPSA) is 42.3 Å². The van der Waals surface area contributed by atoms with Gasteiger partial charge in [-0.15, -0.1) is 0 Å². The fourth-order valence-corrected chi connectivity index (χ4v) is 4.55. The zero-order valence-electron chi connectivity index (χ0n) is 13.8. The smallest absolute Gasteiger partial charge is 0.288 e. The van der Waals surface area contributed by atoms with Crippen molar-refractivity contribution in [3.63, 3.8) is 0 Å². The predicted molar refractivity (Wildman–Crippen MR) is 101 cm³/mol. The lowest BCUT2D eigenvalue weighted by Crippen LogP contribution is -2.34. The van der Waals surface area contributed by atoms with Gasteiger partial charge in [-0.1, -0.05) is 41.1 Å². The minimum atomic E-state index is -0.335. The summed E-state index contributed by atoms with van der Waals surface area (Å²) in [5.74, 6) is -0.194. The largest absolute Gasteiger partial charge is 0.308 e. The zero-order valence-corrected chi connectivity index (χ0v) is 15.4. The van der Waals surface area contributed by atoms with Crippen LogP contribution in [0.4, 0.5) is 15.9 Å². The highest BCUT2D eigenvalue weighted by atomic mass is 35.5. The average Bonchev–Trinajstić information content (AvgIpc) is 2.90. The summed E-state index contributed by atoms with van der Waals surface area (Å²) in [4.78, 5) is 27.5. The Morgan fingerprint density at radius 1 is 1.15 bits per heavy atom. The summed E-state index contributed by atoms with van der Waals surface area (Å²) in [6.07, 6.45) is 0.200. The standard InChI is InChI=1S/C19H14ClFN2O2S/c1-22-18-17(26-19(22)25)15(11-5-7-13(21)8-6-11)10-16(24)23(18)14-4-2-3-12(20)9-14/h2-9,15H,10H2,1H3/t15-/m1/s1. The lowest BCUT2D eigenvalue weighted by molar-refractivity contribution is -0.118. The van der Waals surface area contributed by atoms with E-state index >= 15 is 0 Å². The molecule has 0 bridgehead atoms. The van der Waals surface area contributed by atoms with E-state index in [9.17, 15) is 14.0 Å². The maximum absolute atomic E-state index is 13.3. The Morgan fingerprint density at radius 3 is 2.58 bits per heavy atom. The fourth-order valence-electron chi connectivity index (χ4n) is 3.27. The number of carbonyl (C=O) groups is 1. The molecule has 1 aromatic heterocycles. The van der Waals surface area contributed by atoms with Crippen LogP contribution in [-0.2, 0) is 11.8 Å². The monoisotopic (exact) mass is 388 g/mol. The van der Waals surface area contributed by atoms with E-state index < -0.39 is 0 Å². The van der Waals surface area contributed by atoms with Gasteiger partial charge in [-0.25, -0.2) is 4.39 Å². The number of aromatic nitrogens is 1. The Balaban J connectivity index is 1.90. The second kappa shape index (κ2) is 6.37. The van der Waals surface area contributed by atoms with Crippen molar-refractivity contribution in [3.05, 3.63) is 79.5 Å². The molecule has 0 fully saturated rings. The van der Waals surface area contributed by atoms with Gasteiger partial charge in [-0.2, -0.15) is 0 Å². The minimum Gasteiger partial charge on any atom is -0.288 e. The normalized spacial score (nSPS) is 16.7. The molecule has 3 aromatic rings. The van der Waals surface area contributed by atoms with Gasteiger partial charge in [0.1, 0.15) is 11.6 Å². The highest BCUT2D eigenvalue weighted by molar-refractivity contribution is 7.10. The van der Waals surface area contributed by atoms with E-state index in [2.05, 4.69) is 0 Å². The van der Waals surface area contributed by atoms with Crippen LogP contribution in [-0.4, -0.2) is 10.5 Å². The Kier molecular flexibility index (Phi) is 4.17. The minimum absolute atomic E-state index is 0.137. The summed E-state index contributed by atoms with van der Waals surface area (Å²) in [6, 6.07) is 13.0. The third-order valence-electron chi connectivity index (χ3n) is 4.50. The van der Waals surface area contributed by atoms with E-state index in [-0.39, 0.29) is 28.9 Å². The molecule has 1 amide bonds. The van der Waals surface area contributed by atoms with Crippen LogP contribution in [0.15, 0.2) is 53.3 Å². The van der Waals surface area contributed by atoms with Gasteiger partial charge in [0.05, 0.1) is 10.6 Å². The van der Waals surface area contributed by atoms with Crippen molar-refractivity contribution < 1.29 is 9.18 Å². The van der Waals surface area contributed by atoms with Crippen LogP contribution in [0.3, 0.4) is 0 Å². The maximum Gasteiger partial charge on any atom is 0.308 e. The van der Waals surface area contributed by atoms with Gasteiger partial charge in [-0.05, 0) is 35.9 Å². The molecule has 0 saturated carbocycles. The van der Waals surface area contributed by atoms with Crippen LogP contribution < -0.4 is 9.77 Å². The molecule has 132 valence electrons. The first-order valence-electron chi connectivity index (χ1n) is 7.99. The van der Waals surface area contributed by atoms with Gasteiger partial charge in [0.15, 0.2) is 0 Å². The second-order valence-corrected chi connectivity index (χ2v) is 7.56. The number of carbonyl (C=O) groups excluding carboxylic acids is 1. The molecule has 1 atom stereocenters. The number of rotatable bonds is 2. The first-order valence-corrected chi connectivity index (χ1v) is 9.19. The highest BCUT2D eigenvalue weighted by Gasteiger charge is 2.37. The quantitative estimate of drug-likeness (QED) is 0.651. The van der Waals surface area contributed by atoms with Crippen LogP contribution in [0.5, 0.6) is 0 Å². The van der Waals surface area contributed by atoms with Crippen LogP contribution in [0, 0.1) is 5.82 Å². The number of benzene rings is 2. The fraction of sp³-hybridized carbons (Fsp3) is 0.158. The molecule has 1 aliphatic rings. The highest BCUT2D eigenvalue weighted by Crippen LogP contribution is 2.44. The first kappa shape index (κ1) is 17.0. The first-order chi connectivity index (χ1) is 12.5. The number of nitrogens with zero attached hydrogens (tertiary/aromatic N) is 2. The van der Waals surface area contributed by atoms with Crippen molar-refractivity contribution in [2.75, 3.05) is 4.90 Å². The number of thiazole rings is 1. The number of anilines is 2. The molecule has 2 aromatic carbocycles. The van der Waals surface area contributed by atoms with Gasteiger partial charge in [-0.3, -0.25) is 19.1 Å². The number of halogens is 2. The molecule has 2 heterocycles. The van der Waals surface area contributed by atoms with Crippen LogP contribution in [0.1, 0.15) is 22.8 Å². The summed E-state index contributed by atoms with van der Waals surface area (Å²) in [6.45, 7) is 0. The molecule has 7 heteroatoms. The van der Waals surface area contributed by atoms with E-state index in [4.69, 9.17) is 11.6 Å². The SMILES string of the molecule is Cn1c2c(sc1=O)[C@@H](c1ccc(F)cc1)CC(=O)N2c1cccc(Cl)c1. The van der Waals surface area contributed by atoms with Gasteiger partial charge in [0, 0.05) is 24.4 Å². The van der Waals surface area contributed by atoms with Crippen molar-refractivity contribution in [1.29, 1.82) is 0 Å². The molecule has 1 aliphatic heterocycles. The molecule has 0 radical (unpaired) electrons. The van der Waals surface area contributed by atoms with Gasteiger partial charge < -0.3 is 0 Å². The van der Waals surface area contributed by atoms with Crippen LogP contribution in [0.2, 0.25) is 5.02 Å². The van der Waals surface area contributed by atoms with Crippen molar-refractivity contribution in [2.45, 2.75) is 12.3 Å². The number of fused-ring (bicyclic) bond motifs is 1. The van der Waals surface area contributed by atoms with E-state index in [0.717, 1.165) is 21.8 Å². The van der Waals surface area contributed by atoms with E-state index in [1.807, 2.05) is 0 Å². The summed E-state index contributed by atoms with van der Waals surface area (Å²) in [5.41, 5.74) is 1.43. The molecule has 0 spiro atoms. The van der Waals surface area contributed by atoms with E-state index in [1.54, 1.807) is 48.3 Å². The van der Waals surface area contributed by atoms with Crippen molar-refractivity contribution in [1.82, 2.24) is 4.57 Å². The Hall–Kier alpha value is -2.44. The Labute approximate surface area is 158 Å². The van der Waals surface area contributed by atoms with E-state index in [0.29, 0.717) is 16.5 Å². The summed E-state index contributed by atoms with van der Waals surface area (Å²) in [7, 11) is 1.65. The molecule has 0 unspecified atom stereocenters.